The van der Waals surface area contributed by atoms with E-state index in [1.807, 2.05) is 6.07 Å². The van der Waals surface area contributed by atoms with E-state index in [0.717, 1.165) is 18.2 Å². The van der Waals surface area contributed by atoms with E-state index in [0.29, 0.717) is 5.56 Å². The van der Waals surface area contributed by atoms with E-state index in [1.54, 1.807) is 6.92 Å². The number of nitriles is 1. The van der Waals surface area contributed by atoms with Gasteiger partial charge in [0.1, 0.15) is 17.4 Å². The van der Waals surface area contributed by atoms with Crippen molar-refractivity contribution >= 4 is 17.3 Å². The number of hydrogen-bond acceptors (Lipinski definition) is 11. The summed E-state index contributed by atoms with van der Waals surface area (Å²) in [5.74, 6) is -1.76. The highest BCUT2D eigenvalue weighted by Gasteiger charge is 2.37. The van der Waals surface area contributed by atoms with Gasteiger partial charge < -0.3 is 24.7 Å². The molecule has 0 amide bonds. The standard InChI is InChI=1S/C23H20N4O9/c1-4-34-23(28)20-12(2)35-22(25)15(11-24)21(20)13-5-7-18(19(9-13)33-3)36-17-8-6-14(26(29)30)10-16(17)27(31)32/h5-10,21H,4,25H2,1-3H3. The minimum absolute atomic E-state index is 0.0228. The summed E-state index contributed by atoms with van der Waals surface area (Å²) >= 11 is 0. The monoisotopic (exact) mass is 496 g/mol. The van der Waals surface area contributed by atoms with Gasteiger partial charge in [0.25, 0.3) is 5.69 Å². The molecule has 13 heteroatoms. The highest BCUT2D eigenvalue weighted by atomic mass is 16.6. The van der Waals surface area contributed by atoms with Gasteiger partial charge in [0.05, 0.1) is 41.1 Å². The number of rotatable bonds is 8. The van der Waals surface area contributed by atoms with Crippen LogP contribution in [0, 0.1) is 31.6 Å². The minimum atomic E-state index is -0.945. The zero-order chi connectivity index (χ0) is 26.6. The van der Waals surface area contributed by atoms with Gasteiger partial charge in [0.2, 0.25) is 11.6 Å². The van der Waals surface area contributed by atoms with Gasteiger partial charge in [-0.05, 0) is 37.6 Å². The van der Waals surface area contributed by atoms with Gasteiger partial charge in [0, 0.05) is 6.07 Å². The van der Waals surface area contributed by atoms with Crippen LogP contribution in [0.2, 0.25) is 0 Å². The summed E-state index contributed by atoms with van der Waals surface area (Å²) in [4.78, 5) is 33.6. The van der Waals surface area contributed by atoms with Crippen molar-refractivity contribution < 1.29 is 33.6 Å². The van der Waals surface area contributed by atoms with Gasteiger partial charge in [-0.2, -0.15) is 5.26 Å². The van der Waals surface area contributed by atoms with Crippen LogP contribution in [0.15, 0.2) is 59.2 Å². The number of hydrogen-bond donors (Lipinski definition) is 1. The number of carbonyl (C=O) groups excluding carboxylic acids is 1. The van der Waals surface area contributed by atoms with Crippen molar-refractivity contribution in [2.24, 2.45) is 5.73 Å². The summed E-state index contributed by atoms with van der Waals surface area (Å²) in [5, 5.41) is 32.2. The first kappa shape index (κ1) is 25.5. The Morgan fingerprint density at radius 1 is 1.14 bits per heavy atom. The fourth-order valence-electron chi connectivity index (χ4n) is 3.60. The van der Waals surface area contributed by atoms with E-state index in [2.05, 4.69) is 0 Å². The molecule has 1 unspecified atom stereocenters. The van der Waals surface area contributed by atoms with E-state index in [1.165, 1.54) is 32.2 Å². The van der Waals surface area contributed by atoms with Crippen molar-refractivity contribution in [3.63, 3.8) is 0 Å². The molecule has 0 saturated heterocycles. The number of nitro groups is 2. The molecule has 36 heavy (non-hydrogen) atoms. The Hall–Kier alpha value is -5.12. The molecule has 1 heterocycles. The SMILES string of the molecule is CCOC(=O)C1=C(C)OC(N)=C(C#N)C1c1ccc(Oc2ccc([N+](=O)[O-])cc2[N+](=O)[O-])c(OC)c1. The molecule has 2 aromatic rings. The third-order valence-corrected chi connectivity index (χ3v) is 5.19. The van der Waals surface area contributed by atoms with Crippen molar-refractivity contribution in [1.82, 2.24) is 0 Å². The van der Waals surface area contributed by atoms with Crippen molar-refractivity contribution in [2.75, 3.05) is 13.7 Å². The van der Waals surface area contributed by atoms with Crippen molar-refractivity contribution in [1.29, 1.82) is 5.26 Å². The largest absolute Gasteiger partial charge is 0.493 e. The number of methoxy groups -OCH3 is 1. The van der Waals surface area contributed by atoms with Crippen LogP contribution in [0.25, 0.3) is 0 Å². The Labute approximate surface area is 204 Å². The number of carbonyl (C=O) groups is 1. The molecule has 3 rings (SSSR count). The van der Waals surface area contributed by atoms with Crippen LogP contribution in [0.1, 0.15) is 25.3 Å². The van der Waals surface area contributed by atoms with Gasteiger partial charge in [-0.25, -0.2) is 4.79 Å². The second kappa shape index (κ2) is 10.4. The lowest BCUT2D eigenvalue weighted by Gasteiger charge is -2.27. The Kier molecular flexibility index (Phi) is 7.39. The molecule has 1 aliphatic rings. The number of non-ortho nitro benzene ring substituents is 1. The van der Waals surface area contributed by atoms with E-state index >= 15 is 0 Å². The van der Waals surface area contributed by atoms with Gasteiger partial charge >= 0.3 is 11.7 Å². The lowest BCUT2D eigenvalue weighted by molar-refractivity contribution is -0.394. The maximum Gasteiger partial charge on any atom is 0.338 e. The van der Waals surface area contributed by atoms with Crippen LogP contribution in [0.3, 0.4) is 0 Å². The molecule has 2 aromatic carbocycles. The average molecular weight is 496 g/mol. The first-order valence-corrected chi connectivity index (χ1v) is 10.4. The molecule has 0 fully saturated rings. The number of allylic oxidation sites excluding steroid dienone is 2. The summed E-state index contributed by atoms with van der Waals surface area (Å²) in [6, 6.07) is 9.31. The molecule has 186 valence electrons. The third-order valence-electron chi connectivity index (χ3n) is 5.19. The molecule has 0 aliphatic carbocycles. The predicted molar refractivity (Wildman–Crippen MR) is 123 cm³/mol. The van der Waals surface area contributed by atoms with Crippen molar-refractivity contribution in [3.8, 4) is 23.3 Å². The maximum atomic E-state index is 12.7. The first-order chi connectivity index (χ1) is 17.1. The molecule has 0 radical (unpaired) electrons. The normalized spacial score (nSPS) is 15.0. The van der Waals surface area contributed by atoms with Crippen LogP contribution in [0.5, 0.6) is 17.2 Å². The summed E-state index contributed by atoms with van der Waals surface area (Å²) in [6.45, 7) is 3.24. The van der Waals surface area contributed by atoms with Gasteiger partial charge in [-0.1, -0.05) is 6.07 Å². The highest BCUT2D eigenvalue weighted by molar-refractivity contribution is 5.92. The Morgan fingerprint density at radius 2 is 1.83 bits per heavy atom. The highest BCUT2D eigenvalue weighted by Crippen LogP contribution is 2.44. The van der Waals surface area contributed by atoms with E-state index in [-0.39, 0.29) is 46.6 Å². The summed E-state index contributed by atoms with van der Waals surface area (Å²) in [6.07, 6.45) is 0. The minimum Gasteiger partial charge on any atom is -0.493 e. The van der Waals surface area contributed by atoms with Crippen molar-refractivity contribution in [2.45, 2.75) is 19.8 Å². The fraction of sp³-hybridized carbons (Fsp3) is 0.217. The topological polar surface area (TPSA) is 190 Å². The second-order valence-corrected chi connectivity index (χ2v) is 7.29. The predicted octanol–water partition coefficient (Wildman–Crippen LogP) is 3.95. The van der Waals surface area contributed by atoms with Crippen LogP contribution in [0.4, 0.5) is 11.4 Å². The number of esters is 1. The zero-order valence-electron chi connectivity index (χ0n) is 19.3. The summed E-state index contributed by atoms with van der Waals surface area (Å²) in [5.41, 5.74) is 5.27. The second-order valence-electron chi connectivity index (χ2n) is 7.29. The Balaban J connectivity index is 2.09. The number of nitro benzene ring substituents is 2. The van der Waals surface area contributed by atoms with Crippen LogP contribution in [-0.2, 0) is 14.3 Å². The molecular weight excluding hydrogens is 476 g/mol. The molecular formula is C23H20N4O9. The third kappa shape index (κ3) is 4.87. The number of nitrogens with zero attached hydrogens (tertiary/aromatic N) is 3. The summed E-state index contributed by atoms with van der Waals surface area (Å²) in [7, 11) is 1.32. The molecule has 0 saturated carbocycles. The molecule has 1 atom stereocenters. The van der Waals surface area contributed by atoms with E-state index in [9.17, 15) is 30.3 Å². The number of ether oxygens (including phenoxy) is 4. The smallest absolute Gasteiger partial charge is 0.338 e. The van der Waals surface area contributed by atoms with Gasteiger partial charge in [0.15, 0.2) is 11.5 Å². The lowest BCUT2D eigenvalue weighted by atomic mass is 9.83. The van der Waals surface area contributed by atoms with E-state index < -0.39 is 33.1 Å². The quantitative estimate of drug-likeness (QED) is 0.316. The van der Waals surface area contributed by atoms with Gasteiger partial charge in [-0.3, -0.25) is 20.2 Å². The Morgan fingerprint density at radius 3 is 2.42 bits per heavy atom. The zero-order valence-corrected chi connectivity index (χ0v) is 19.3. The molecule has 2 N–H and O–H groups in total. The van der Waals surface area contributed by atoms with Crippen LogP contribution < -0.4 is 15.2 Å². The maximum absolute atomic E-state index is 12.7. The number of benzene rings is 2. The van der Waals surface area contributed by atoms with Gasteiger partial charge in [-0.15, -0.1) is 0 Å². The van der Waals surface area contributed by atoms with Crippen molar-refractivity contribution in [3.05, 3.63) is 85.0 Å². The molecule has 0 spiro atoms. The molecule has 1 aliphatic heterocycles. The molecule has 0 aromatic heterocycles. The molecule has 0 bridgehead atoms. The summed E-state index contributed by atoms with van der Waals surface area (Å²) < 4.78 is 21.6. The molecule has 13 nitrogen and oxygen atoms in total. The fourth-order valence-corrected chi connectivity index (χ4v) is 3.60. The lowest BCUT2D eigenvalue weighted by Crippen LogP contribution is -2.25. The number of nitrogens with two attached hydrogens (primary N) is 1. The van der Waals surface area contributed by atoms with E-state index in [4.69, 9.17) is 24.7 Å². The van der Waals surface area contributed by atoms with Crippen LogP contribution >= 0.6 is 0 Å². The average Bonchev–Trinajstić information content (AvgIpc) is 2.83. The Bertz CT molecular complexity index is 1360. The van der Waals surface area contributed by atoms with Crippen LogP contribution in [-0.4, -0.2) is 29.5 Å². The first-order valence-electron chi connectivity index (χ1n) is 10.4.